The molecule has 1 amide bonds. The lowest BCUT2D eigenvalue weighted by atomic mass is 9.99. The van der Waals surface area contributed by atoms with Crippen LogP contribution in [0.4, 0.5) is 5.69 Å². The molecule has 0 radical (unpaired) electrons. The third kappa shape index (κ3) is 5.28. The normalized spacial score (nSPS) is 17.0. The summed E-state index contributed by atoms with van der Waals surface area (Å²) >= 11 is 0. The summed E-state index contributed by atoms with van der Waals surface area (Å²) in [6.45, 7) is 6.10. The summed E-state index contributed by atoms with van der Waals surface area (Å²) in [6, 6.07) is 12.5. The van der Waals surface area contributed by atoms with E-state index in [0.29, 0.717) is 24.9 Å². The topological polar surface area (TPSA) is 122 Å². The summed E-state index contributed by atoms with van der Waals surface area (Å²) in [5, 5.41) is 10.9. The fourth-order valence-electron chi connectivity index (χ4n) is 3.35. The Morgan fingerprint density at radius 1 is 1.19 bits per heavy atom. The van der Waals surface area contributed by atoms with Crippen LogP contribution in [0.25, 0.3) is 5.70 Å². The molecular formula is C21H24N4O5S. The van der Waals surface area contributed by atoms with Crippen molar-refractivity contribution in [1.82, 2.24) is 15.2 Å². The maximum absolute atomic E-state index is 12.9. The van der Waals surface area contributed by atoms with Gasteiger partial charge in [-0.1, -0.05) is 36.4 Å². The molecular weight excluding hydrogens is 420 g/mol. The maximum atomic E-state index is 12.9. The lowest BCUT2D eigenvalue weighted by molar-refractivity contribution is -0.384. The summed E-state index contributed by atoms with van der Waals surface area (Å²) in [7, 11) is -3.68. The smallest absolute Gasteiger partial charge is 0.270 e. The second kappa shape index (κ2) is 9.27. The van der Waals surface area contributed by atoms with Crippen LogP contribution in [0, 0.1) is 23.0 Å². The molecule has 0 aliphatic carbocycles. The molecule has 0 unspecified atom stereocenters. The molecule has 1 heterocycles. The van der Waals surface area contributed by atoms with E-state index in [1.54, 1.807) is 30.3 Å². The summed E-state index contributed by atoms with van der Waals surface area (Å²) in [5.41, 5.74) is 6.83. The van der Waals surface area contributed by atoms with Gasteiger partial charge in [0.2, 0.25) is 15.9 Å². The Morgan fingerprint density at radius 3 is 2.58 bits per heavy atom. The molecule has 0 saturated carbocycles. The van der Waals surface area contributed by atoms with E-state index in [2.05, 4.69) is 17.4 Å². The van der Waals surface area contributed by atoms with Gasteiger partial charge in [0, 0.05) is 30.8 Å². The van der Waals surface area contributed by atoms with Crippen LogP contribution in [0.1, 0.15) is 24.0 Å². The van der Waals surface area contributed by atoms with E-state index in [4.69, 9.17) is 0 Å². The number of benzene rings is 2. The lowest BCUT2D eigenvalue weighted by Gasteiger charge is -2.31. The molecule has 0 spiro atoms. The molecule has 1 aliphatic rings. The Labute approximate surface area is 180 Å². The molecule has 2 N–H and O–H groups in total. The largest absolute Gasteiger partial charge is 0.299 e. The number of non-ortho nitro benzene ring substituents is 1. The zero-order valence-corrected chi connectivity index (χ0v) is 17.9. The van der Waals surface area contributed by atoms with Gasteiger partial charge in [0.15, 0.2) is 0 Å². The van der Waals surface area contributed by atoms with Crippen molar-refractivity contribution >= 4 is 27.3 Å². The monoisotopic (exact) mass is 444 g/mol. The SMILES string of the molecule is C=C(NNC(=O)[C@@H]1CCCN(S(=O)(=O)c2ccc(C)cc2)C1)c1cccc([N+](=O)[O-])c1. The second-order valence-corrected chi connectivity index (χ2v) is 9.35. The zero-order valence-electron chi connectivity index (χ0n) is 17.1. The number of nitrogens with zero attached hydrogens (tertiary/aromatic N) is 2. The number of sulfonamides is 1. The maximum Gasteiger partial charge on any atom is 0.270 e. The van der Waals surface area contributed by atoms with Crippen LogP contribution < -0.4 is 10.9 Å². The molecule has 2 aromatic carbocycles. The van der Waals surface area contributed by atoms with Gasteiger partial charge < -0.3 is 0 Å². The number of hydrogen-bond acceptors (Lipinski definition) is 6. The van der Waals surface area contributed by atoms with Crippen LogP contribution in [-0.4, -0.2) is 36.6 Å². The Kier molecular flexibility index (Phi) is 6.71. The number of nitro benzene ring substituents is 1. The van der Waals surface area contributed by atoms with Gasteiger partial charge in [-0.15, -0.1) is 0 Å². The first-order valence-corrected chi connectivity index (χ1v) is 11.2. The third-order valence-electron chi connectivity index (χ3n) is 5.16. The number of carbonyl (C=O) groups is 1. The highest BCUT2D eigenvalue weighted by atomic mass is 32.2. The Morgan fingerprint density at radius 2 is 1.90 bits per heavy atom. The van der Waals surface area contributed by atoms with Crippen LogP contribution >= 0.6 is 0 Å². The molecule has 2 aromatic rings. The lowest BCUT2D eigenvalue weighted by Crippen LogP contribution is -2.48. The number of piperidine rings is 1. The first kappa shape index (κ1) is 22.4. The van der Waals surface area contributed by atoms with Crippen LogP contribution in [0.15, 0.2) is 60.0 Å². The molecule has 3 rings (SSSR count). The number of carbonyl (C=O) groups excluding carboxylic acids is 1. The number of nitrogens with one attached hydrogen (secondary N) is 2. The molecule has 9 nitrogen and oxygen atoms in total. The summed E-state index contributed by atoms with van der Waals surface area (Å²) < 4.78 is 27.2. The highest BCUT2D eigenvalue weighted by Crippen LogP contribution is 2.24. The highest BCUT2D eigenvalue weighted by Gasteiger charge is 2.33. The van der Waals surface area contributed by atoms with Crippen molar-refractivity contribution in [2.24, 2.45) is 5.92 Å². The standard InChI is InChI=1S/C21H24N4O5S/c1-15-8-10-20(11-9-15)31(29,30)24-12-4-6-18(14-24)21(26)23-22-16(2)17-5-3-7-19(13-17)25(27)28/h3,5,7-11,13,18,22H,2,4,6,12,14H2,1H3,(H,23,26)/t18-/m1/s1. The van der Waals surface area contributed by atoms with Crippen molar-refractivity contribution in [3.63, 3.8) is 0 Å². The Hall–Kier alpha value is -3.24. The minimum atomic E-state index is -3.68. The van der Waals surface area contributed by atoms with Crippen LogP contribution in [0.2, 0.25) is 0 Å². The highest BCUT2D eigenvalue weighted by molar-refractivity contribution is 7.89. The van der Waals surface area contributed by atoms with Gasteiger partial charge in [-0.25, -0.2) is 8.42 Å². The van der Waals surface area contributed by atoms with Crippen LogP contribution in [0.5, 0.6) is 0 Å². The molecule has 0 aromatic heterocycles. The second-order valence-electron chi connectivity index (χ2n) is 7.42. The van der Waals surface area contributed by atoms with E-state index in [9.17, 15) is 23.3 Å². The van der Waals surface area contributed by atoms with E-state index >= 15 is 0 Å². The van der Waals surface area contributed by atoms with Crippen molar-refractivity contribution in [3.05, 3.63) is 76.4 Å². The minimum Gasteiger partial charge on any atom is -0.299 e. The first-order chi connectivity index (χ1) is 14.7. The average molecular weight is 445 g/mol. The van der Waals surface area contributed by atoms with Crippen molar-refractivity contribution in [3.8, 4) is 0 Å². The number of hydrazine groups is 1. The van der Waals surface area contributed by atoms with E-state index in [1.165, 1.54) is 22.5 Å². The zero-order chi connectivity index (χ0) is 22.6. The quantitative estimate of drug-likeness (QED) is 0.500. The molecule has 0 bridgehead atoms. The number of hydrogen-bond donors (Lipinski definition) is 2. The van der Waals surface area contributed by atoms with Crippen LogP contribution in [0.3, 0.4) is 0 Å². The predicted octanol–water partition coefficient (Wildman–Crippen LogP) is 2.60. The van der Waals surface area contributed by atoms with Gasteiger partial charge in [-0.05, 0) is 31.9 Å². The first-order valence-electron chi connectivity index (χ1n) is 9.75. The molecule has 1 atom stereocenters. The molecule has 1 saturated heterocycles. The number of nitro groups is 1. The number of rotatable bonds is 7. The summed E-state index contributed by atoms with van der Waals surface area (Å²) in [4.78, 5) is 23.2. The van der Waals surface area contributed by atoms with Gasteiger partial charge in [0.25, 0.3) is 5.69 Å². The van der Waals surface area contributed by atoms with Crippen LogP contribution in [-0.2, 0) is 14.8 Å². The third-order valence-corrected chi connectivity index (χ3v) is 7.04. The fraction of sp³-hybridized carbons (Fsp3) is 0.286. The van der Waals surface area contributed by atoms with Crippen molar-refractivity contribution in [2.75, 3.05) is 13.1 Å². The minimum absolute atomic E-state index is 0.0764. The van der Waals surface area contributed by atoms with Gasteiger partial charge in [0.1, 0.15) is 0 Å². The molecule has 1 aliphatic heterocycles. The van der Waals surface area contributed by atoms with Crippen molar-refractivity contribution in [2.45, 2.75) is 24.7 Å². The number of amides is 1. The van der Waals surface area contributed by atoms with Gasteiger partial charge in [0.05, 0.1) is 21.4 Å². The van der Waals surface area contributed by atoms with E-state index < -0.39 is 20.9 Å². The van der Waals surface area contributed by atoms with Crippen molar-refractivity contribution < 1.29 is 18.1 Å². The molecule has 10 heteroatoms. The Balaban J connectivity index is 1.62. The molecule has 31 heavy (non-hydrogen) atoms. The summed E-state index contributed by atoms with van der Waals surface area (Å²) in [5.74, 6) is -0.894. The average Bonchev–Trinajstić information content (AvgIpc) is 2.77. The Bertz CT molecular complexity index is 1100. The van der Waals surface area contributed by atoms with Gasteiger partial charge in [-0.2, -0.15) is 4.31 Å². The molecule has 1 fully saturated rings. The van der Waals surface area contributed by atoms with Gasteiger partial charge in [-0.3, -0.25) is 25.8 Å². The van der Waals surface area contributed by atoms with E-state index in [0.717, 1.165) is 5.56 Å². The predicted molar refractivity (Wildman–Crippen MR) is 116 cm³/mol. The van der Waals surface area contributed by atoms with Gasteiger partial charge >= 0.3 is 0 Å². The van der Waals surface area contributed by atoms with Crippen molar-refractivity contribution in [1.29, 1.82) is 0 Å². The van der Waals surface area contributed by atoms with E-state index in [-0.39, 0.29) is 28.7 Å². The summed E-state index contributed by atoms with van der Waals surface area (Å²) in [6.07, 6.45) is 1.12. The van der Waals surface area contributed by atoms with E-state index in [1.807, 2.05) is 6.92 Å². The fourth-order valence-corrected chi connectivity index (χ4v) is 4.88. The number of aryl methyl sites for hydroxylation is 1. The molecule has 164 valence electrons.